The molecule has 1 fully saturated rings. The Morgan fingerprint density at radius 1 is 1.13 bits per heavy atom. The van der Waals surface area contributed by atoms with Gasteiger partial charge in [0.05, 0.1) is 0 Å². The first-order chi connectivity index (χ1) is 11.1. The Kier molecular flexibility index (Phi) is 11.1. The molecule has 2 nitrogen and oxygen atoms in total. The highest BCUT2D eigenvalue weighted by Crippen LogP contribution is 2.36. The van der Waals surface area contributed by atoms with E-state index in [9.17, 15) is 4.79 Å². The molecule has 0 aromatic heterocycles. The van der Waals surface area contributed by atoms with Crippen LogP contribution in [0.4, 0.5) is 0 Å². The van der Waals surface area contributed by atoms with Crippen molar-refractivity contribution in [2.75, 3.05) is 0 Å². The third-order valence-electron chi connectivity index (χ3n) is 5.38. The van der Waals surface area contributed by atoms with Crippen molar-refractivity contribution in [1.82, 2.24) is 0 Å². The number of hydrogen-bond donors (Lipinski definition) is 1. The molecule has 2 heteroatoms. The van der Waals surface area contributed by atoms with Gasteiger partial charge >= 0.3 is 5.97 Å². The zero-order valence-electron chi connectivity index (χ0n) is 15.4. The van der Waals surface area contributed by atoms with Crippen LogP contribution >= 0.6 is 0 Å². The van der Waals surface area contributed by atoms with E-state index in [1.165, 1.54) is 64.2 Å². The van der Waals surface area contributed by atoms with Crippen molar-refractivity contribution in [2.24, 2.45) is 17.8 Å². The summed E-state index contributed by atoms with van der Waals surface area (Å²) in [5.41, 5.74) is 0. The molecule has 1 N–H and O–H groups in total. The number of carboxylic acid groups (broad SMARTS) is 1. The van der Waals surface area contributed by atoms with Crippen LogP contribution in [0.5, 0.6) is 0 Å². The summed E-state index contributed by atoms with van der Waals surface area (Å²) in [5.74, 6) is 1.77. The molecule has 0 aromatic carbocycles. The minimum absolute atomic E-state index is 0.338. The van der Waals surface area contributed by atoms with Crippen molar-refractivity contribution in [1.29, 1.82) is 0 Å². The van der Waals surface area contributed by atoms with Crippen molar-refractivity contribution < 1.29 is 9.90 Å². The third-order valence-corrected chi connectivity index (χ3v) is 5.38. The first-order valence-corrected chi connectivity index (χ1v) is 10.0. The largest absolute Gasteiger partial charge is 0.481 e. The molecular formula is C21H38O2. The van der Waals surface area contributed by atoms with Gasteiger partial charge in [0.15, 0.2) is 0 Å². The number of unbranched alkanes of at least 4 members (excludes halogenated alkanes) is 5. The molecular weight excluding hydrogens is 284 g/mol. The van der Waals surface area contributed by atoms with Crippen LogP contribution in [0.1, 0.15) is 97.3 Å². The Labute approximate surface area is 143 Å². The highest BCUT2D eigenvalue weighted by atomic mass is 16.4. The second kappa shape index (κ2) is 12.6. The first-order valence-electron chi connectivity index (χ1n) is 10.0. The van der Waals surface area contributed by atoms with Crippen LogP contribution in [0, 0.1) is 17.8 Å². The molecule has 0 radical (unpaired) electrons. The number of rotatable bonds is 13. The summed E-state index contributed by atoms with van der Waals surface area (Å²) < 4.78 is 0. The van der Waals surface area contributed by atoms with Gasteiger partial charge in [-0.3, -0.25) is 4.79 Å². The summed E-state index contributed by atoms with van der Waals surface area (Å²) in [6, 6.07) is 0. The number of carboxylic acids is 1. The van der Waals surface area contributed by atoms with Gasteiger partial charge in [-0.15, -0.1) is 0 Å². The molecule has 0 aromatic rings. The Balaban J connectivity index is 2.16. The number of aliphatic carboxylic acids is 1. The van der Waals surface area contributed by atoms with Gasteiger partial charge < -0.3 is 5.11 Å². The molecule has 0 bridgehead atoms. The maximum atomic E-state index is 10.5. The van der Waals surface area contributed by atoms with E-state index in [1.807, 2.05) is 0 Å². The van der Waals surface area contributed by atoms with E-state index >= 15 is 0 Å². The Bertz CT molecular complexity index is 335. The van der Waals surface area contributed by atoms with Gasteiger partial charge in [-0.1, -0.05) is 70.9 Å². The molecule has 0 amide bonds. The zero-order valence-corrected chi connectivity index (χ0v) is 15.4. The Hall–Kier alpha value is -0.790. The second-order valence-corrected chi connectivity index (χ2v) is 7.56. The van der Waals surface area contributed by atoms with E-state index < -0.39 is 5.97 Å². The lowest BCUT2D eigenvalue weighted by Crippen LogP contribution is -2.06. The van der Waals surface area contributed by atoms with Gasteiger partial charge in [0.2, 0.25) is 0 Å². The average molecular weight is 323 g/mol. The summed E-state index contributed by atoms with van der Waals surface area (Å²) in [6.45, 7) is 4.63. The SMILES string of the molecule is CCCCC[C@H](C)/C=C/[C@H]1CCC[C@@H]1CCCCCCC(=O)O. The topological polar surface area (TPSA) is 37.3 Å². The standard InChI is InChI=1S/C21H38O2/c1-3-4-7-11-18(2)16-17-20-14-10-13-19(20)12-8-5-6-9-15-21(22)23/h16-20H,3-15H2,1-2H3,(H,22,23)/b17-16+/t18-,19-,20+/m0/s1. The quantitative estimate of drug-likeness (QED) is 0.306. The van der Waals surface area contributed by atoms with Crippen molar-refractivity contribution in [3.05, 3.63) is 12.2 Å². The summed E-state index contributed by atoms with van der Waals surface area (Å²) in [6.07, 6.45) is 20.6. The Morgan fingerprint density at radius 3 is 2.65 bits per heavy atom. The fraction of sp³-hybridized carbons (Fsp3) is 0.857. The minimum atomic E-state index is -0.654. The summed E-state index contributed by atoms with van der Waals surface area (Å²) >= 11 is 0. The average Bonchev–Trinajstić information content (AvgIpc) is 2.96. The van der Waals surface area contributed by atoms with E-state index in [0.29, 0.717) is 6.42 Å². The maximum Gasteiger partial charge on any atom is 0.303 e. The van der Waals surface area contributed by atoms with Gasteiger partial charge in [-0.25, -0.2) is 0 Å². The lowest BCUT2D eigenvalue weighted by Gasteiger charge is -2.17. The zero-order chi connectivity index (χ0) is 16.9. The van der Waals surface area contributed by atoms with E-state index in [-0.39, 0.29) is 0 Å². The molecule has 1 aliphatic rings. The lowest BCUT2D eigenvalue weighted by molar-refractivity contribution is -0.137. The van der Waals surface area contributed by atoms with E-state index in [1.54, 1.807) is 0 Å². The van der Waals surface area contributed by atoms with Crippen LogP contribution < -0.4 is 0 Å². The predicted octanol–water partition coefficient (Wildman–Crippen LogP) is 6.60. The second-order valence-electron chi connectivity index (χ2n) is 7.56. The molecule has 3 atom stereocenters. The Morgan fingerprint density at radius 2 is 1.91 bits per heavy atom. The highest BCUT2D eigenvalue weighted by Gasteiger charge is 2.24. The fourth-order valence-electron chi connectivity index (χ4n) is 3.86. The number of carbonyl (C=O) groups is 1. The number of hydrogen-bond acceptors (Lipinski definition) is 1. The highest BCUT2D eigenvalue weighted by molar-refractivity contribution is 5.66. The van der Waals surface area contributed by atoms with Crippen molar-refractivity contribution in [2.45, 2.75) is 97.3 Å². The fourth-order valence-corrected chi connectivity index (χ4v) is 3.86. The lowest BCUT2D eigenvalue weighted by atomic mass is 9.89. The maximum absolute atomic E-state index is 10.5. The van der Waals surface area contributed by atoms with Gasteiger partial charge in [0.1, 0.15) is 0 Å². The molecule has 0 aliphatic heterocycles. The number of allylic oxidation sites excluding steroid dienone is 2. The molecule has 1 rings (SSSR count). The van der Waals surface area contributed by atoms with Crippen LogP contribution in [-0.2, 0) is 4.79 Å². The molecule has 0 unspecified atom stereocenters. The normalized spacial score (nSPS) is 22.7. The van der Waals surface area contributed by atoms with E-state index in [4.69, 9.17) is 5.11 Å². The van der Waals surface area contributed by atoms with Crippen LogP contribution in [0.2, 0.25) is 0 Å². The van der Waals surface area contributed by atoms with Crippen LogP contribution in [-0.4, -0.2) is 11.1 Å². The van der Waals surface area contributed by atoms with Crippen molar-refractivity contribution in [3.63, 3.8) is 0 Å². The van der Waals surface area contributed by atoms with Gasteiger partial charge in [0.25, 0.3) is 0 Å². The van der Waals surface area contributed by atoms with Gasteiger partial charge in [-0.05, 0) is 49.9 Å². The molecule has 0 heterocycles. The molecule has 1 saturated carbocycles. The van der Waals surface area contributed by atoms with Crippen LogP contribution in [0.3, 0.4) is 0 Å². The third kappa shape index (κ3) is 9.84. The van der Waals surface area contributed by atoms with Gasteiger partial charge in [0, 0.05) is 6.42 Å². The van der Waals surface area contributed by atoms with E-state index in [0.717, 1.165) is 30.6 Å². The summed E-state index contributed by atoms with van der Waals surface area (Å²) in [5, 5.41) is 8.64. The summed E-state index contributed by atoms with van der Waals surface area (Å²) in [7, 11) is 0. The molecule has 134 valence electrons. The van der Waals surface area contributed by atoms with Crippen LogP contribution in [0.15, 0.2) is 12.2 Å². The van der Waals surface area contributed by atoms with Crippen molar-refractivity contribution in [3.8, 4) is 0 Å². The van der Waals surface area contributed by atoms with E-state index in [2.05, 4.69) is 26.0 Å². The molecule has 23 heavy (non-hydrogen) atoms. The van der Waals surface area contributed by atoms with Gasteiger partial charge in [-0.2, -0.15) is 0 Å². The molecule has 0 spiro atoms. The smallest absolute Gasteiger partial charge is 0.303 e. The first kappa shape index (κ1) is 20.3. The molecule has 1 aliphatic carbocycles. The monoisotopic (exact) mass is 322 g/mol. The minimum Gasteiger partial charge on any atom is -0.481 e. The van der Waals surface area contributed by atoms with Crippen molar-refractivity contribution >= 4 is 5.97 Å². The predicted molar refractivity (Wildman–Crippen MR) is 98.6 cm³/mol. The molecule has 0 saturated heterocycles. The summed E-state index contributed by atoms with van der Waals surface area (Å²) in [4.78, 5) is 10.5. The van der Waals surface area contributed by atoms with Crippen LogP contribution in [0.25, 0.3) is 0 Å².